The zero-order chi connectivity index (χ0) is 21.8. The summed E-state index contributed by atoms with van der Waals surface area (Å²) in [7, 11) is -2.42. The fourth-order valence-electron chi connectivity index (χ4n) is 3.30. The van der Waals surface area contributed by atoms with Crippen molar-refractivity contribution in [2.45, 2.75) is 4.90 Å². The monoisotopic (exact) mass is 432 g/mol. The second kappa shape index (κ2) is 8.49. The van der Waals surface area contributed by atoms with Crippen LogP contribution in [0.5, 0.6) is 5.75 Å². The van der Waals surface area contributed by atoms with E-state index in [1.54, 1.807) is 42.5 Å². The number of methoxy groups -OCH3 is 1. The molecule has 0 atom stereocenters. The van der Waals surface area contributed by atoms with Gasteiger partial charge in [-0.15, -0.1) is 0 Å². The Morgan fingerprint density at radius 3 is 2.39 bits per heavy atom. The summed E-state index contributed by atoms with van der Waals surface area (Å²) in [6.07, 6.45) is 0. The number of hydrogen-bond donors (Lipinski definition) is 2. The molecule has 0 aliphatic carbocycles. The van der Waals surface area contributed by atoms with E-state index in [0.29, 0.717) is 22.7 Å². The second-order valence-corrected chi connectivity index (χ2v) is 8.50. The van der Waals surface area contributed by atoms with Crippen LogP contribution < -0.4 is 14.8 Å². The number of carbonyl (C=O) groups excluding carboxylic acids is 1. The Bertz CT molecular complexity index is 1360. The first-order valence-corrected chi connectivity index (χ1v) is 11.0. The SMILES string of the molecule is COc1ccccc1NS(=O)(=O)c1cccc(NC(=O)c2cccc3ccccc23)c1. The standard InChI is InChI=1S/C24H20N2O4S/c1-30-23-15-5-4-14-22(23)26-31(28,29)19-11-7-10-18(16-19)25-24(27)21-13-6-9-17-8-2-3-12-20(17)21/h2-16,26H,1H3,(H,25,27). The highest BCUT2D eigenvalue weighted by molar-refractivity contribution is 7.92. The number of benzene rings is 4. The maximum atomic E-state index is 12.9. The Hall–Kier alpha value is -3.84. The van der Waals surface area contributed by atoms with Gasteiger partial charge in [-0.2, -0.15) is 0 Å². The highest BCUT2D eigenvalue weighted by Crippen LogP contribution is 2.27. The molecule has 0 bridgehead atoms. The molecule has 0 radical (unpaired) electrons. The first-order chi connectivity index (χ1) is 15.0. The Morgan fingerprint density at radius 2 is 1.55 bits per heavy atom. The topological polar surface area (TPSA) is 84.5 Å². The van der Waals surface area contributed by atoms with Crippen LogP contribution in [0.15, 0.2) is 95.9 Å². The molecule has 0 saturated carbocycles. The molecular weight excluding hydrogens is 412 g/mol. The van der Waals surface area contributed by atoms with Gasteiger partial charge in [0.15, 0.2) is 0 Å². The van der Waals surface area contributed by atoms with Gasteiger partial charge in [-0.25, -0.2) is 8.42 Å². The zero-order valence-electron chi connectivity index (χ0n) is 16.7. The molecule has 4 aromatic carbocycles. The lowest BCUT2D eigenvalue weighted by Gasteiger charge is -2.13. The molecule has 7 heteroatoms. The molecule has 0 heterocycles. The molecular formula is C24H20N2O4S. The lowest BCUT2D eigenvalue weighted by Crippen LogP contribution is -2.15. The van der Waals surface area contributed by atoms with Crippen molar-refractivity contribution in [2.75, 3.05) is 17.1 Å². The van der Waals surface area contributed by atoms with E-state index in [-0.39, 0.29) is 10.8 Å². The molecule has 0 fully saturated rings. The van der Waals surface area contributed by atoms with E-state index in [0.717, 1.165) is 10.8 Å². The van der Waals surface area contributed by atoms with E-state index < -0.39 is 10.0 Å². The van der Waals surface area contributed by atoms with Gasteiger partial charge in [0.05, 0.1) is 17.7 Å². The van der Waals surface area contributed by atoms with Gasteiger partial charge in [-0.05, 0) is 47.2 Å². The molecule has 0 aromatic heterocycles. The third-order valence-corrected chi connectivity index (χ3v) is 6.15. The van der Waals surface area contributed by atoms with Crippen molar-refractivity contribution in [3.8, 4) is 5.75 Å². The summed E-state index contributed by atoms with van der Waals surface area (Å²) in [5, 5.41) is 4.57. The molecule has 2 N–H and O–H groups in total. The summed E-state index contributed by atoms with van der Waals surface area (Å²) >= 11 is 0. The van der Waals surface area contributed by atoms with Crippen molar-refractivity contribution in [1.82, 2.24) is 0 Å². The summed E-state index contributed by atoms with van der Waals surface area (Å²) < 4.78 is 33.5. The van der Waals surface area contributed by atoms with Gasteiger partial charge in [0.1, 0.15) is 5.75 Å². The third-order valence-electron chi connectivity index (χ3n) is 4.79. The predicted octanol–water partition coefficient (Wildman–Crippen LogP) is 4.90. The number of carbonyl (C=O) groups is 1. The van der Waals surface area contributed by atoms with Gasteiger partial charge in [0, 0.05) is 11.3 Å². The van der Waals surface area contributed by atoms with Crippen molar-refractivity contribution in [3.05, 3.63) is 96.6 Å². The van der Waals surface area contributed by atoms with Crippen LogP contribution in [-0.2, 0) is 10.0 Å². The minimum atomic E-state index is -3.88. The van der Waals surface area contributed by atoms with Gasteiger partial charge in [-0.1, -0.05) is 54.6 Å². The first kappa shape index (κ1) is 20.4. The van der Waals surface area contributed by atoms with E-state index in [4.69, 9.17) is 4.74 Å². The fraction of sp³-hybridized carbons (Fsp3) is 0.0417. The van der Waals surface area contributed by atoms with Crippen molar-refractivity contribution in [2.24, 2.45) is 0 Å². The number of para-hydroxylation sites is 2. The molecule has 0 unspecified atom stereocenters. The van der Waals surface area contributed by atoms with E-state index in [2.05, 4.69) is 10.0 Å². The number of sulfonamides is 1. The zero-order valence-corrected chi connectivity index (χ0v) is 17.5. The van der Waals surface area contributed by atoms with Crippen LogP contribution >= 0.6 is 0 Å². The smallest absolute Gasteiger partial charge is 0.262 e. The Kier molecular flexibility index (Phi) is 5.60. The highest BCUT2D eigenvalue weighted by atomic mass is 32.2. The van der Waals surface area contributed by atoms with Crippen LogP contribution in [0.4, 0.5) is 11.4 Å². The number of fused-ring (bicyclic) bond motifs is 1. The van der Waals surface area contributed by atoms with Gasteiger partial charge >= 0.3 is 0 Å². The summed E-state index contributed by atoms with van der Waals surface area (Å²) in [6, 6.07) is 25.9. The molecule has 4 rings (SSSR count). The molecule has 31 heavy (non-hydrogen) atoms. The lowest BCUT2D eigenvalue weighted by molar-refractivity contribution is 0.102. The summed E-state index contributed by atoms with van der Waals surface area (Å²) in [5.41, 5.74) is 1.22. The van der Waals surface area contributed by atoms with Crippen molar-refractivity contribution < 1.29 is 17.9 Å². The molecule has 4 aromatic rings. The van der Waals surface area contributed by atoms with Gasteiger partial charge in [-0.3, -0.25) is 9.52 Å². The Labute approximate surface area is 180 Å². The van der Waals surface area contributed by atoms with Crippen LogP contribution in [-0.4, -0.2) is 21.4 Å². The number of nitrogens with one attached hydrogen (secondary N) is 2. The minimum absolute atomic E-state index is 0.0223. The second-order valence-electron chi connectivity index (χ2n) is 6.81. The first-order valence-electron chi connectivity index (χ1n) is 9.53. The maximum absolute atomic E-state index is 12.9. The number of hydrogen-bond acceptors (Lipinski definition) is 4. The highest BCUT2D eigenvalue weighted by Gasteiger charge is 2.18. The van der Waals surface area contributed by atoms with Crippen molar-refractivity contribution in [1.29, 1.82) is 0 Å². The summed E-state index contributed by atoms with van der Waals surface area (Å²) in [6.45, 7) is 0. The normalized spacial score (nSPS) is 11.1. The van der Waals surface area contributed by atoms with Crippen LogP contribution in [0.1, 0.15) is 10.4 Å². The van der Waals surface area contributed by atoms with Crippen LogP contribution in [0.3, 0.4) is 0 Å². The molecule has 1 amide bonds. The third kappa shape index (κ3) is 4.36. The molecule has 6 nitrogen and oxygen atoms in total. The van der Waals surface area contributed by atoms with Crippen LogP contribution in [0.25, 0.3) is 10.8 Å². The summed E-state index contributed by atoms with van der Waals surface area (Å²) in [5.74, 6) is 0.0931. The van der Waals surface area contributed by atoms with Crippen molar-refractivity contribution in [3.63, 3.8) is 0 Å². The van der Waals surface area contributed by atoms with E-state index in [9.17, 15) is 13.2 Å². The maximum Gasteiger partial charge on any atom is 0.262 e. The average Bonchev–Trinajstić information content (AvgIpc) is 2.79. The number of anilines is 2. The quantitative estimate of drug-likeness (QED) is 0.454. The van der Waals surface area contributed by atoms with Gasteiger partial charge in [0.2, 0.25) is 0 Å². The molecule has 0 aliphatic rings. The number of ether oxygens (including phenoxy) is 1. The van der Waals surface area contributed by atoms with Crippen molar-refractivity contribution >= 4 is 38.1 Å². The average molecular weight is 433 g/mol. The minimum Gasteiger partial charge on any atom is -0.495 e. The van der Waals surface area contributed by atoms with Gasteiger partial charge in [0.25, 0.3) is 15.9 Å². The Balaban J connectivity index is 1.60. The Morgan fingerprint density at radius 1 is 0.839 bits per heavy atom. The fourth-order valence-corrected chi connectivity index (χ4v) is 4.41. The summed E-state index contributed by atoms with van der Waals surface area (Å²) in [4.78, 5) is 12.9. The number of amides is 1. The number of rotatable bonds is 6. The van der Waals surface area contributed by atoms with Gasteiger partial charge < -0.3 is 10.1 Å². The molecule has 156 valence electrons. The van der Waals surface area contributed by atoms with E-state index in [1.807, 2.05) is 36.4 Å². The van der Waals surface area contributed by atoms with Crippen LogP contribution in [0, 0.1) is 0 Å². The van der Waals surface area contributed by atoms with E-state index >= 15 is 0 Å². The molecule has 0 aliphatic heterocycles. The largest absolute Gasteiger partial charge is 0.495 e. The molecule has 0 spiro atoms. The predicted molar refractivity (Wildman–Crippen MR) is 122 cm³/mol. The molecule has 0 saturated heterocycles. The van der Waals surface area contributed by atoms with Crippen LogP contribution in [0.2, 0.25) is 0 Å². The lowest BCUT2D eigenvalue weighted by atomic mass is 10.0. The van der Waals surface area contributed by atoms with E-state index in [1.165, 1.54) is 19.2 Å².